The molecule has 2 atom stereocenters. The predicted octanol–water partition coefficient (Wildman–Crippen LogP) is 1.03. The first-order valence-electron chi connectivity index (χ1n) is 7.22. The Morgan fingerprint density at radius 1 is 1.10 bits per heavy atom. The van der Waals surface area contributed by atoms with Gasteiger partial charge in [-0.2, -0.15) is 4.31 Å². The van der Waals surface area contributed by atoms with Gasteiger partial charge >= 0.3 is 0 Å². The summed E-state index contributed by atoms with van der Waals surface area (Å²) in [4.78, 5) is 2.21. The summed E-state index contributed by atoms with van der Waals surface area (Å²) >= 11 is 0. The Hall–Kier alpha value is -0.950. The van der Waals surface area contributed by atoms with Gasteiger partial charge in [0.15, 0.2) is 0 Å². The van der Waals surface area contributed by atoms with Crippen LogP contribution in [-0.2, 0) is 22.4 Å². The largest absolute Gasteiger partial charge is 0.392 e. The number of nitrogens with zero attached hydrogens (tertiary/aromatic N) is 2. The summed E-state index contributed by atoms with van der Waals surface area (Å²) in [5, 5.41) is 9.02. The number of aliphatic hydroxyl groups excluding tert-OH is 1. The van der Waals surface area contributed by atoms with E-state index in [1.54, 1.807) is 28.6 Å². The molecular formula is C15H24N2O3S. The summed E-state index contributed by atoms with van der Waals surface area (Å²) < 4.78 is 26.7. The van der Waals surface area contributed by atoms with Gasteiger partial charge in [-0.1, -0.05) is 24.3 Å². The van der Waals surface area contributed by atoms with Crippen LogP contribution in [0.15, 0.2) is 24.3 Å². The summed E-state index contributed by atoms with van der Waals surface area (Å²) in [7, 11) is -1.27. The Morgan fingerprint density at radius 2 is 1.57 bits per heavy atom. The van der Waals surface area contributed by atoms with E-state index in [0.29, 0.717) is 13.1 Å². The zero-order chi connectivity index (χ0) is 15.6. The van der Waals surface area contributed by atoms with Gasteiger partial charge in [0.1, 0.15) is 0 Å². The second-order valence-corrected chi connectivity index (χ2v) is 7.88. The molecule has 6 heteroatoms. The molecule has 2 rings (SSSR count). The Balaban J connectivity index is 2.10. The molecule has 1 aliphatic heterocycles. The molecule has 1 aliphatic rings. The van der Waals surface area contributed by atoms with Crippen molar-refractivity contribution < 1.29 is 13.5 Å². The minimum absolute atomic E-state index is 0.0157. The van der Waals surface area contributed by atoms with Crippen LogP contribution in [0.25, 0.3) is 0 Å². The number of sulfonamides is 1. The average molecular weight is 312 g/mol. The van der Waals surface area contributed by atoms with Crippen molar-refractivity contribution in [3.8, 4) is 0 Å². The third-order valence-corrected chi connectivity index (χ3v) is 6.06. The van der Waals surface area contributed by atoms with Crippen molar-refractivity contribution in [2.75, 3.05) is 20.1 Å². The summed E-state index contributed by atoms with van der Waals surface area (Å²) in [5.41, 5.74) is 1.55. The first-order valence-corrected chi connectivity index (χ1v) is 8.83. The molecule has 1 aromatic rings. The molecule has 1 saturated heterocycles. The van der Waals surface area contributed by atoms with Crippen molar-refractivity contribution in [1.82, 2.24) is 9.21 Å². The third-order valence-electron chi connectivity index (χ3n) is 4.27. The van der Waals surface area contributed by atoms with Gasteiger partial charge in [0.25, 0.3) is 0 Å². The number of benzene rings is 1. The third kappa shape index (κ3) is 3.83. The Morgan fingerprint density at radius 3 is 2.05 bits per heavy atom. The van der Waals surface area contributed by atoms with Gasteiger partial charge in [-0.15, -0.1) is 0 Å². The van der Waals surface area contributed by atoms with Gasteiger partial charge in [0.05, 0.1) is 12.4 Å². The summed E-state index contributed by atoms with van der Waals surface area (Å²) in [6.45, 7) is 5.15. The van der Waals surface area contributed by atoms with Crippen LogP contribution in [0.4, 0.5) is 0 Å². The molecule has 1 heterocycles. The van der Waals surface area contributed by atoms with Crippen LogP contribution < -0.4 is 0 Å². The van der Waals surface area contributed by atoms with Gasteiger partial charge in [-0.3, -0.25) is 4.90 Å². The molecule has 0 bridgehead atoms. The molecule has 1 aromatic carbocycles. The number of rotatable bonds is 4. The fourth-order valence-corrected chi connectivity index (χ4v) is 4.31. The molecule has 0 amide bonds. The Kier molecular flexibility index (Phi) is 5.03. The van der Waals surface area contributed by atoms with E-state index in [4.69, 9.17) is 5.11 Å². The maximum Gasteiger partial charge on any atom is 0.218 e. The second kappa shape index (κ2) is 6.44. The van der Waals surface area contributed by atoms with E-state index < -0.39 is 10.0 Å². The van der Waals surface area contributed by atoms with Crippen molar-refractivity contribution in [2.45, 2.75) is 38.3 Å². The highest BCUT2D eigenvalue weighted by Gasteiger charge is 2.33. The van der Waals surface area contributed by atoms with Crippen LogP contribution in [0.2, 0.25) is 0 Å². The molecule has 5 nitrogen and oxygen atoms in total. The fourth-order valence-electron chi connectivity index (χ4n) is 2.63. The molecular weight excluding hydrogens is 288 g/mol. The summed E-state index contributed by atoms with van der Waals surface area (Å²) in [6.07, 6.45) is 0. The van der Waals surface area contributed by atoms with Crippen molar-refractivity contribution in [1.29, 1.82) is 0 Å². The van der Waals surface area contributed by atoms with Gasteiger partial charge in [-0.05, 0) is 32.0 Å². The van der Waals surface area contributed by atoms with Crippen LogP contribution >= 0.6 is 0 Å². The first kappa shape index (κ1) is 16.4. The van der Waals surface area contributed by atoms with Crippen LogP contribution in [0.5, 0.6) is 0 Å². The molecule has 21 heavy (non-hydrogen) atoms. The van der Waals surface area contributed by atoms with E-state index in [2.05, 4.69) is 4.90 Å². The standard InChI is InChI=1S/C15H24N2O3S/c1-12-8-17(9-13(2)16(12)3)21(19,20)11-15-6-4-14(10-18)5-7-15/h4-7,12-13,18H,8-11H2,1-3H3. The Labute approximate surface area is 127 Å². The molecule has 1 fully saturated rings. The molecule has 0 saturated carbocycles. The van der Waals surface area contributed by atoms with E-state index in [-0.39, 0.29) is 24.4 Å². The second-order valence-electron chi connectivity index (χ2n) is 5.91. The average Bonchev–Trinajstić information content (AvgIpc) is 2.44. The van der Waals surface area contributed by atoms with Crippen molar-refractivity contribution >= 4 is 10.0 Å². The molecule has 0 aromatic heterocycles. The lowest BCUT2D eigenvalue weighted by Gasteiger charge is -2.41. The topological polar surface area (TPSA) is 60.9 Å². The SMILES string of the molecule is CC1CN(S(=O)(=O)Cc2ccc(CO)cc2)CC(C)N1C. The highest BCUT2D eigenvalue weighted by molar-refractivity contribution is 7.88. The molecule has 0 radical (unpaired) electrons. The van der Waals surface area contributed by atoms with Crippen molar-refractivity contribution in [3.63, 3.8) is 0 Å². The Bertz CT molecular complexity index is 559. The predicted molar refractivity (Wildman–Crippen MR) is 83.2 cm³/mol. The lowest BCUT2D eigenvalue weighted by Crippen LogP contribution is -2.56. The highest BCUT2D eigenvalue weighted by atomic mass is 32.2. The highest BCUT2D eigenvalue weighted by Crippen LogP contribution is 2.19. The number of piperazine rings is 1. The van der Waals surface area contributed by atoms with E-state index in [1.165, 1.54) is 0 Å². The number of hydrogen-bond donors (Lipinski definition) is 1. The number of hydrogen-bond acceptors (Lipinski definition) is 4. The monoisotopic (exact) mass is 312 g/mol. The van der Waals surface area contributed by atoms with Gasteiger partial charge < -0.3 is 5.11 Å². The molecule has 2 unspecified atom stereocenters. The number of likely N-dealkylation sites (N-methyl/N-ethyl adjacent to an activating group) is 1. The van der Waals surface area contributed by atoms with Gasteiger partial charge in [0.2, 0.25) is 10.0 Å². The van der Waals surface area contributed by atoms with Crippen LogP contribution in [0.3, 0.4) is 0 Å². The zero-order valence-electron chi connectivity index (χ0n) is 12.9. The summed E-state index contributed by atoms with van der Waals surface area (Å²) in [5.74, 6) is 0.0157. The minimum Gasteiger partial charge on any atom is -0.392 e. The first-order chi connectivity index (χ1) is 9.83. The van der Waals surface area contributed by atoms with Gasteiger partial charge in [0, 0.05) is 25.2 Å². The molecule has 1 N–H and O–H groups in total. The lowest BCUT2D eigenvalue weighted by atomic mass is 10.1. The summed E-state index contributed by atoms with van der Waals surface area (Å²) in [6, 6.07) is 7.51. The molecule has 0 spiro atoms. The van der Waals surface area contributed by atoms with E-state index in [0.717, 1.165) is 11.1 Å². The van der Waals surface area contributed by atoms with Crippen molar-refractivity contribution in [2.24, 2.45) is 0 Å². The van der Waals surface area contributed by atoms with Crippen LogP contribution in [-0.4, -0.2) is 55.0 Å². The van der Waals surface area contributed by atoms with E-state index >= 15 is 0 Å². The lowest BCUT2D eigenvalue weighted by molar-refractivity contribution is 0.105. The quantitative estimate of drug-likeness (QED) is 0.902. The zero-order valence-corrected chi connectivity index (χ0v) is 13.7. The maximum atomic E-state index is 12.6. The van der Waals surface area contributed by atoms with Gasteiger partial charge in [-0.25, -0.2) is 8.42 Å². The van der Waals surface area contributed by atoms with E-state index in [1.807, 2.05) is 20.9 Å². The van der Waals surface area contributed by atoms with Crippen LogP contribution in [0.1, 0.15) is 25.0 Å². The number of aliphatic hydroxyl groups is 1. The normalized spacial score (nSPS) is 25.1. The van der Waals surface area contributed by atoms with Crippen molar-refractivity contribution in [3.05, 3.63) is 35.4 Å². The van der Waals surface area contributed by atoms with Crippen LogP contribution in [0, 0.1) is 0 Å². The fraction of sp³-hybridized carbons (Fsp3) is 0.600. The minimum atomic E-state index is -3.30. The molecule has 118 valence electrons. The maximum absolute atomic E-state index is 12.6. The molecule has 0 aliphatic carbocycles. The van der Waals surface area contributed by atoms with E-state index in [9.17, 15) is 8.42 Å². The smallest absolute Gasteiger partial charge is 0.218 e.